The minimum Gasteiger partial charge on any atom is -0.464 e. The highest BCUT2D eigenvalue weighted by atomic mass is 19.1. The molecule has 0 aliphatic heterocycles. The summed E-state index contributed by atoms with van der Waals surface area (Å²) in [5.74, 6) is -2.06. The summed E-state index contributed by atoms with van der Waals surface area (Å²) < 4.78 is 31.6. The summed E-state index contributed by atoms with van der Waals surface area (Å²) in [6, 6.07) is 1.98. The molecule has 17 heavy (non-hydrogen) atoms. The Morgan fingerprint density at radius 2 is 1.82 bits per heavy atom. The van der Waals surface area contributed by atoms with Gasteiger partial charge in [0.2, 0.25) is 0 Å². The number of hydrogen-bond acceptors (Lipinski definition) is 3. The first kappa shape index (κ1) is 12.0. The van der Waals surface area contributed by atoms with E-state index in [1.807, 2.05) is 0 Å². The van der Waals surface area contributed by atoms with Crippen molar-refractivity contribution >= 4 is 5.97 Å². The maximum Gasteiger partial charge on any atom is 0.338 e. The molecule has 5 heteroatoms. The topological polar surface area (TPSA) is 46.5 Å². The molecule has 2 rings (SSSR count). The molecular weight excluding hydrogens is 230 g/mol. The highest BCUT2D eigenvalue weighted by Crippen LogP contribution is 2.34. The molecule has 0 heterocycles. The molecule has 1 aromatic carbocycles. The fraction of sp³-hybridized carbons (Fsp3) is 0.417. The first-order chi connectivity index (χ1) is 7.98. The minimum absolute atomic E-state index is 0.0561. The van der Waals surface area contributed by atoms with Crippen LogP contribution in [0.4, 0.5) is 8.78 Å². The Kier molecular flexibility index (Phi) is 2.87. The Hall–Kier alpha value is -1.49. The van der Waals surface area contributed by atoms with E-state index >= 15 is 0 Å². The molecule has 0 saturated carbocycles. The van der Waals surface area contributed by atoms with Crippen molar-refractivity contribution in [3.63, 3.8) is 0 Å². The molecule has 0 aromatic heterocycles. The van der Waals surface area contributed by atoms with Crippen LogP contribution < -0.4 is 0 Å². The van der Waals surface area contributed by atoms with Crippen LogP contribution in [0.1, 0.15) is 18.1 Å². The maximum atomic E-state index is 13.4. The van der Waals surface area contributed by atoms with E-state index in [1.165, 1.54) is 0 Å². The largest absolute Gasteiger partial charge is 0.464 e. The second-order valence-corrected chi connectivity index (χ2v) is 4.09. The number of esters is 1. The van der Waals surface area contributed by atoms with Crippen LogP contribution in [-0.4, -0.2) is 23.3 Å². The van der Waals surface area contributed by atoms with Gasteiger partial charge in [-0.3, -0.25) is 0 Å². The lowest BCUT2D eigenvalue weighted by atomic mass is 10.0. The van der Waals surface area contributed by atoms with E-state index in [0.717, 1.165) is 12.1 Å². The fourth-order valence-electron chi connectivity index (χ4n) is 2.08. The van der Waals surface area contributed by atoms with E-state index in [9.17, 15) is 18.7 Å². The van der Waals surface area contributed by atoms with Gasteiger partial charge in [-0.05, 0) is 30.2 Å². The lowest BCUT2D eigenvalue weighted by Gasteiger charge is -2.19. The molecule has 0 radical (unpaired) electrons. The lowest BCUT2D eigenvalue weighted by molar-refractivity contribution is -0.163. The van der Waals surface area contributed by atoms with Crippen LogP contribution in [0.15, 0.2) is 12.1 Å². The SMILES string of the molecule is CCOC(=O)C1(O)Cc2c(F)ccc(F)c2C1. The summed E-state index contributed by atoms with van der Waals surface area (Å²) in [4.78, 5) is 11.5. The van der Waals surface area contributed by atoms with Gasteiger partial charge in [-0.15, -0.1) is 0 Å². The van der Waals surface area contributed by atoms with Gasteiger partial charge >= 0.3 is 5.97 Å². The molecule has 0 atom stereocenters. The van der Waals surface area contributed by atoms with E-state index in [2.05, 4.69) is 0 Å². The Labute approximate surface area is 97.0 Å². The standard InChI is InChI=1S/C12H12F2O3/c1-2-17-11(15)12(16)5-7-8(6-12)10(14)4-3-9(7)13/h3-4,16H,2,5-6H2,1H3. The number of rotatable bonds is 2. The molecule has 0 fully saturated rings. The van der Waals surface area contributed by atoms with Gasteiger partial charge in [0.05, 0.1) is 6.61 Å². The van der Waals surface area contributed by atoms with Crippen LogP contribution >= 0.6 is 0 Å². The third-order valence-electron chi connectivity index (χ3n) is 2.91. The van der Waals surface area contributed by atoms with Crippen molar-refractivity contribution in [3.8, 4) is 0 Å². The number of fused-ring (bicyclic) bond motifs is 1. The molecule has 0 spiro atoms. The average molecular weight is 242 g/mol. The molecule has 0 saturated heterocycles. The van der Waals surface area contributed by atoms with Gasteiger partial charge in [0.25, 0.3) is 0 Å². The zero-order valence-electron chi connectivity index (χ0n) is 9.30. The van der Waals surface area contributed by atoms with Crippen molar-refractivity contribution in [2.24, 2.45) is 0 Å². The van der Waals surface area contributed by atoms with Gasteiger partial charge in [-0.1, -0.05) is 0 Å². The van der Waals surface area contributed by atoms with Crippen LogP contribution in [0.5, 0.6) is 0 Å². The van der Waals surface area contributed by atoms with E-state index in [4.69, 9.17) is 4.74 Å². The first-order valence-electron chi connectivity index (χ1n) is 5.33. The monoisotopic (exact) mass is 242 g/mol. The smallest absolute Gasteiger partial charge is 0.338 e. The Morgan fingerprint density at radius 1 is 1.35 bits per heavy atom. The van der Waals surface area contributed by atoms with Crippen molar-refractivity contribution in [3.05, 3.63) is 34.9 Å². The van der Waals surface area contributed by atoms with Crippen LogP contribution in [0, 0.1) is 11.6 Å². The number of benzene rings is 1. The average Bonchev–Trinajstić information content (AvgIpc) is 2.65. The highest BCUT2D eigenvalue weighted by molar-refractivity contribution is 5.81. The molecule has 0 unspecified atom stereocenters. The predicted molar refractivity (Wildman–Crippen MR) is 55.3 cm³/mol. The fourth-order valence-corrected chi connectivity index (χ4v) is 2.08. The van der Waals surface area contributed by atoms with Gasteiger partial charge in [0.1, 0.15) is 11.6 Å². The van der Waals surface area contributed by atoms with E-state index in [1.54, 1.807) is 6.92 Å². The van der Waals surface area contributed by atoms with Crippen molar-refractivity contribution in [1.29, 1.82) is 0 Å². The van der Waals surface area contributed by atoms with Gasteiger partial charge in [0, 0.05) is 12.8 Å². The maximum absolute atomic E-state index is 13.4. The first-order valence-corrected chi connectivity index (χ1v) is 5.33. The Bertz CT molecular complexity index is 440. The summed E-state index contributed by atoms with van der Waals surface area (Å²) >= 11 is 0. The second-order valence-electron chi connectivity index (χ2n) is 4.09. The highest BCUT2D eigenvalue weighted by Gasteiger charge is 2.45. The Balaban J connectivity index is 2.35. The summed E-state index contributed by atoms with van der Waals surface area (Å²) in [5.41, 5.74) is -1.73. The third kappa shape index (κ3) is 1.91. The number of aliphatic hydroxyl groups is 1. The molecule has 1 aromatic rings. The quantitative estimate of drug-likeness (QED) is 0.796. The van der Waals surface area contributed by atoms with Crippen molar-refractivity contribution < 1.29 is 23.4 Å². The normalized spacial score (nSPS) is 16.7. The van der Waals surface area contributed by atoms with Crippen LogP contribution in [0.2, 0.25) is 0 Å². The summed E-state index contributed by atoms with van der Waals surface area (Å²) in [5, 5.41) is 10.1. The number of hydrogen-bond donors (Lipinski definition) is 1. The predicted octanol–water partition coefficient (Wildman–Crippen LogP) is 1.36. The summed E-state index contributed by atoms with van der Waals surface area (Å²) in [6.07, 6.45) is -0.491. The van der Waals surface area contributed by atoms with Gasteiger partial charge in [0.15, 0.2) is 5.60 Å². The van der Waals surface area contributed by atoms with E-state index < -0.39 is 23.2 Å². The van der Waals surface area contributed by atoms with Crippen molar-refractivity contribution in [2.45, 2.75) is 25.4 Å². The van der Waals surface area contributed by atoms with Crippen molar-refractivity contribution in [2.75, 3.05) is 6.61 Å². The van der Waals surface area contributed by atoms with E-state index in [0.29, 0.717) is 0 Å². The lowest BCUT2D eigenvalue weighted by Crippen LogP contribution is -2.41. The third-order valence-corrected chi connectivity index (χ3v) is 2.91. The zero-order chi connectivity index (χ0) is 12.6. The zero-order valence-corrected chi connectivity index (χ0v) is 9.30. The number of halogens is 2. The van der Waals surface area contributed by atoms with Gasteiger partial charge in [-0.2, -0.15) is 0 Å². The van der Waals surface area contributed by atoms with Crippen LogP contribution in [-0.2, 0) is 22.4 Å². The summed E-state index contributed by atoms with van der Waals surface area (Å²) in [7, 11) is 0. The minimum atomic E-state index is -1.85. The van der Waals surface area contributed by atoms with Gasteiger partial charge < -0.3 is 9.84 Å². The number of ether oxygens (including phenoxy) is 1. The number of carbonyl (C=O) groups is 1. The van der Waals surface area contributed by atoms with Gasteiger partial charge in [-0.25, -0.2) is 13.6 Å². The molecule has 0 bridgehead atoms. The van der Waals surface area contributed by atoms with Crippen molar-refractivity contribution in [1.82, 2.24) is 0 Å². The Morgan fingerprint density at radius 3 is 2.24 bits per heavy atom. The molecule has 1 aliphatic rings. The molecule has 1 aliphatic carbocycles. The van der Waals surface area contributed by atoms with Crippen LogP contribution in [0.3, 0.4) is 0 Å². The second kappa shape index (κ2) is 4.07. The molecule has 0 amide bonds. The van der Waals surface area contributed by atoms with Crippen LogP contribution in [0.25, 0.3) is 0 Å². The molecule has 3 nitrogen and oxygen atoms in total. The summed E-state index contributed by atoms with van der Waals surface area (Å²) in [6.45, 7) is 1.72. The molecular formula is C12H12F2O3. The molecule has 1 N–H and O–H groups in total. The van der Waals surface area contributed by atoms with E-state index in [-0.39, 0.29) is 30.6 Å². The molecule has 92 valence electrons. The number of carbonyl (C=O) groups excluding carboxylic acids is 1.